The van der Waals surface area contributed by atoms with Gasteiger partial charge in [-0.1, -0.05) is 6.07 Å². The summed E-state index contributed by atoms with van der Waals surface area (Å²) in [5.41, 5.74) is 2.51. The van der Waals surface area contributed by atoms with Gasteiger partial charge in [0.2, 0.25) is 11.8 Å². The maximum absolute atomic E-state index is 11.2. The van der Waals surface area contributed by atoms with E-state index >= 15 is 0 Å². The number of thiophene rings is 1. The lowest BCUT2D eigenvalue weighted by atomic mass is 10.3. The minimum atomic E-state index is -0.466. The topological polar surface area (TPSA) is 110 Å². The Morgan fingerprint density at radius 1 is 1.52 bits per heavy atom. The van der Waals surface area contributed by atoms with E-state index in [9.17, 15) is 10.1 Å². The smallest absolute Gasteiger partial charge is 0.332 e. The SMILES string of the molecule is Cc1nc(NN)nc(N(C)CCc2cccs2)c1[N+](=O)[O-]. The molecule has 0 amide bonds. The summed E-state index contributed by atoms with van der Waals surface area (Å²) in [5, 5.41) is 13.2. The Hall–Kier alpha value is -2.26. The average Bonchev–Trinajstić information content (AvgIpc) is 2.96. The van der Waals surface area contributed by atoms with Crippen molar-refractivity contribution in [2.45, 2.75) is 13.3 Å². The number of nitrogens with two attached hydrogens (primary N) is 1. The molecule has 2 heterocycles. The number of hydrogen-bond donors (Lipinski definition) is 2. The molecule has 2 aromatic heterocycles. The summed E-state index contributed by atoms with van der Waals surface area (Å²) in [6, 6.07) is 4.01. The molecule has 0 bridgehead atoms. The number of likely N-dealkylation sites (N-methyl/N-ethyl adjacent to an activating group) is 1. The molecule has 2 rings (SSSR count). The van der Waals surface area contributed by atoms with Gasteiger partial charge in [0.05, 0.1) is 4.92 Å². The summed E-state index contributed by atoms with van der Waals surface area (Å²) in [5.74, 6) is 5.73. The van der Waals surface area contributed by atoms with Gasteiger partial charge >= 0.3 is 5.69 Å². The van der Waals surface area contributed by atoms with E-state index in [2.05, 4.69) is 15.4 Å². The number of aryl methyl sites for hydroxylation is 1. The zero-order chi connectivity index (χ0) is 15.4. The third-order valence-electron chi connectivity index (χ3n) is 2.99. The van der Waals surface area contributed by atoms with E-state index in [0.717, 1.165) is 6.42 Å². The van der Waals surface area contributed by atoms with Crippen LogP contribution in [-0.2, 0) is 6.42 Å². The molecule has 0 aliphatic heterocycles. The minimum absolute atomic E-state index is 0.0947. The monoisotopic (exact) mass is 308 g/mol. The summed E-state index contributed by atoms with van der Waals surface area (Å²) >= 11 is 1.66. The van der Waals surface area contributed by atoms with Crippen molar-refractivity contribution in [3.8, 4) is 0 Å². The third kappa shape index (κ3) is 3.44. The van der Waals surface area contributed by atoms with Crippen LogP contribution < -0.4 is 16.2 Å². The highest BCUT2D eigenvalue weighted by Crippen LogP contribution is 2.29. The number of nitrogens with zero attached hydrogens (tertiary/aromatic N) is 4. The molecule has 0 radical (unpaired) electrons. The first kappa shape index (κ1) is 15.1. The van der Waals surface area contributed by atoms with Crippen molar-refractivity contribution >= 4 is 28.8 Å². The van der Waals surface area contributed by atoms with Crippen LogP contribution in [0.3, 0.4) is 0 Å². The first-order chi connectivity index (χ1) is 10.0. The second kappa shape index (κ2) is 6.46. The maximum atomic E-state index is 11.2. The fraction of sp³-hybridized carbons (Fsp3) is 0.333. The Morgan fingerprint density at radius 3 is 2.86 bits per heavy atom. The second-order valence-electron chi connectivity index (χ2n) is 4.46. The van der Waals surface area contributed by atoms with Crippen molar-refractivity contribution in [1.29, 1.82) is 0 Å². The minimum Gasteiger partial charge on any atom is -0.353 e. The van der Waals surface area contributed by atoms with Gasteiger partial charge in [0.1, 0.15) is 5.69 Å². The van der Waals surface area contributed by atoms with E-state index < -0.39 is 4.92 Å². The summed E-state index contributed by atoms with van der Waals surface area (Å²) in [4.78, 5) is 21.8. The van der Waals surface area contributed by atoms with Crippen molar-refractivity contribution in [2.24, 2.45) is 5.84 Å². The Labute approximate surface area is 125 Å². The Bertz CT molecular complexity index is 631. The summed E-state index contributed by atoms with van der Waals surface area (Å²) in [6.07, 6.45) is 0.791. The first-order valence-corrected chi connectivity index (χ1v) is 7.14. The standard InChI is InChI=1S/C12H16N6O2S/c1-8-10(18(19)20)11(15-12(14-8)16-13)17(2)6-5-9-4-3-7-21-9/h3-4,7H,5-6,13H2,1-2H3,(H,14,15,16). The quantitative estimate of drug-likeness (QED) is 0.475. The van der Waals surface area contributed by atoms with Crippen LogP contribution in [0.4, 0.5) is 17.5 Å². The number of hydrogen-bond acceptors (Lipinski definition) is 8. The molecule has 8 nitrogen and oxygen atoms in total. The number of hydrazine groups is 1. The van der Waals surface area contributed by atoms with Gasteiger partial charge in [-0.25, -0.2) is 10.8 Å². The number of nitro groups is 1. The number of anilines is 2. The third-order valence-corrected chi connectivity index (χ3v) is 3.92. The molecular formula is C12H16N6O2S. The Balaban J connectivity index is 2.27. The fourth-order valence-corrected chi connectivity index (χ4v) is 2.63. The van der Waals surface area contributed by atoms with E-state index in [1.54, 1.807) is 30.2 Å². The van der Waals surface area contributed by atoms with Crippen LogP contribution in [0.2, 0.25) is 0 Å². The molecule has 112 valence electrons. The molecule has 0 fully saturated rings. The summed E-state index contributed by atoms with van der Waals surface area (Å²) in [7, 11) is 1.77. The van der Waals surface area contributed by atoms with Gasteiger partial charge in [0.25, 0.3) is 0 Å². The predicted octanol–water partition coefficient (Wildman–Crippen LogP) is 1.72. The summed E-state index contributed by atoms with van der Waals surface area (Å²) in [6.45, 7) is 2.18. The van der Waals surface area contributed by atoms with E-state index in [0.29, 0.717) is 6.54 Å². The van der Waals surface area contributed by atoms with Gasteiger partial charge < -0.3 is 4.90 Å². The molecule has 0 atom stereocenters. The molecule has 0 saturated carbocycles. The van der Waals surface area contributed by atoms with Crippen LogP contribution in [0.1, 0.15) is 10.6 Å². The highest BCUT2D eigenvalue weighted by atomic mass is 32.1. The van der Waals surface area contributed by atoms with Crippen molar-refractivity contribution in [2.75, 3.05) is 23.9 Å². The van der Waals surface area contributed by atoms with Crippen LogP contribution >= 0.6 is 11.3 Å². The van der Waals surface area contributed by atoms with Gasteiger partial charge in [-0.2, -0.15) is 4.98 Å². The average molecular weight is 308 g/mol. The number of nitrogen functional groups attached to an aromatic ring is 1. The van der Waals surface area contributed by atoms with Crippen LogP contribution in [0.15, 0.2) is 17.5 Å². The van der Waals surface area contributed by atoms with Crippen LogP contribution in [-0.4, -0.2) is 28.5 Å². The lowest BCUT2D eigenvalue weighted by Crippen LogP contribution is -2.24. The summed E-state index contributed by atoms with van der Waals surface area (Å²) < 4.78 is 0. The van der Waals surface area contributed by atoms with Crippen LogP contribution in [0.5, 0.6) is 0 Å². The second-order valence-corrected chi connectivity index (χ2v) is 5.49. The van der Waals surface area contributed by atoms with E-state index in [4.69, 9.17) is 5.84 Å². The first-order valence-electron chi connectivity index (χ1n) is 6.26. The highest BCUT2D eigenvalue weighted by Gasteiger charge is 2.24. The van der Waals surface area contributed by atoms with Gasteiger partial charge in [-0.3, -0.25) is 15.5 Å². The molecule has 0 saturated heterocycles. The Morgan fingerprint density at radius 2 is 2.29 bits per heavy atom. The maximum Gasteiger partial charge on any atom is 0.332 e. The normalized spacial score (nSPS) is 10.4. The molecule has 21 heavy (non-hydrogen) atoms. The highest BCUT2D eigenvalue weighted by molar-refractivity contribution is 7.09. The van der Waals surface area contributed by atoms with E-state index in [1.165, 1.54) is 4.88 Å². The lowest BCUT2D eigenvalue weighted by Gasteiger charge is -2.18. The predicted molar refractivity (Wildman–Crippen MR) is 82.5 cm³/mol. The van der Waals surface area contributed by atoms with Crippen molar-refractivity contribution in [1.82, 2.24) is 9.97 Å². The fourth-order valence-electron chi connectivity index (χ4n) is 1.93. The molecule has 0 aliphatic rings. The number of aromatic nitrogens is 2. The van der Waals surface area contributed by atoms with Crippen molar-refractivity contribution in [3.63, 3.8) is 0 Å². The molecule has 0 aliphatic carbocycles. The van der Waals surface area contributed by atoms with Crippen LogP contribution in [0.25, 0.3) is 0 Å². The van der Waals surface area contributed by atoms with Gasteiger partial charge in [-0.05, 0) is 24.8 Å². The van der Waals surface area contributed by atoms with Gasteiger partial charge in [0, 0.05) is 18.5 Å². The molecular weight excluding hydrogens is 292 g/mol. The molecule has 0 aromatic carbocycles. The Kier molecular flexibility index (Phi) is 4.66. The van der Waals surface area contributed by atoms with Gasteiger partial charge in [-0.15, -0.1) is 11.3 Å². The molecule has 2 aromatic rings. The van der Waals surface area contributed by atoms with Crippen molar-refractivity contribution < 1.29 is 4.92 Å². The zero-order valence-corrected chi connectivity index (χ0v) is 12.6. The van der Waals surface area contributed by atoms with E-state index in [1.807, 2.05) is 17.5 Å². The molecule has 3 N–H and O–H groups in total. The van der Waals surface area contributed by atoms with Crippen molar-refractivity contribution in [3.05, 3.63) is 38.2 Å². The number of nitrogens with one attached hydrogen (secondary N) is 1. The largest absolute Gasteiger partial charge is 0.353 e. The zero-order valence-electron chi connectivity index (χ0n) is 11.7. The van der Waals surface area contributed by atoms with E-state index in [-0.39, 0.29) is 23.1 Å². The lowest BCUT2D eigenvalue weighted by molar-refractivity contribution is -0.385. The molecule has 0 spiro atoms. The molecule has 9 heteroatoms. The number of rotatable bonds is 6. The van der Waals surface area contributed by atoms with Gasteiger partial charge in [0.15, 0.2) is 0 Å². The van der Waals surface area contributed by atoms with Crippen LogP contribution in [0, 0.1) is 17.0 Å². The molecule has 0 unspecified atom stereocenters.